The number of rotatable bonds is 7. The number of amides is 1. The lowest BCUT2D eigenvalue weighted by Gasteiger charge is -2.22. The van der Waals surface area contributed by atoms with Crippen LogP contribution in [0.1, 0.15) is 24.2 Å². The lowest BCUT2D eigenvalue weighted by Crippen LogP contribution is -2.30. The number of nitrogens with one attached hydrogen (secondary N) is 1. The highest BCUT2D eigenvalue weighted by Gasteiger charge is 2.23. The summed E-state index contributed by atoms with van der Waals surface area (Å²) in [5.41, 5.74) is 1.30. The molecule has 8 heteroatoms. The van der Waals surface area contributed by atoms with Crippen molar-refractivity contribution in [2.24, 2.45) is 0 Å². The normalized spacial score (nSPS) is 11.5. The molecule has 27 heavy (non-hydrogen) atoms. The smallest absolute Gasteiger partial charge is 0.255 e. The molecule has 0 heterocycles. The highest BCUT2D eigenvalue weighted by molar-refractivity contribution is 7.89. The molecule has 0 unspecified atom stereocenters. The quantitative estimate of drug-likeness (QED) is 0.784. The fraction of sp³-hybridized carbons (Fsp3) is 0.316. The topological polar surface area (TPSA) is 69.7 Å². The summed E-state index contributed by atoms with van der Waals surface area (Å²) in [6.45, 7) is 4.25. The zero-order valence-corrected chi connectivity index (χ0v) is 16.7. The number of benzene rings is 2. The number of carbonyl (C=O) groups excluding carboxylic acids is 1. The van der Waals surface area contributed by atoms with Crippen molar-refractivity contribution in [2.75, 3.05) is 37.4 Å². The molecule has 0 atom stereocenters. The Labute approximate surface area is 159 Å². The standard InChI is InChI=1S/C19H24FN3O3S/c1-5-23(6-2)27(25,26)16-11-12-18(22(3)4)17(13-16)21-19(24)14-7-9-15(20)10-8-14/h7-13H,5-6H2,1-4H3,(H,21,24). The number of carbonyl (C=O) groups is 1. The van der Waals surface area contributed by atoms with Crippen LogP contribution in [0.5, 0.6) is 0 Å². The van der Waals surface area contributed by atoms with Crippen molar-refractivity contribution in [3.05, 3.63) is 53.8 Å². The molecule has 0 bridgehead atoms. The lowest BCUT2D eigenvalue weighted by molar-refractivity contribution is 0.102. The molecule has 0 aliphatic carbocycles. The Balaban J connectivity index is 2.44. The second kappa shape index (κ2) is 8.49. The van der Waals surface area contributed by atoms with Crippen LogP contribution in [0.3, 0.4) is 0 Å². The van der Waals surface area contributed by atoms with E-state index in [1.165, 1.54) is 40.7 Å². The Morgan fingerprint density at radius 2 is 1.63 bits per heavy atom. The molecule has 2 aromatic carbocycles. The summed E-state index contributed by atoms with van der Waals surface area (Å²) in [5, 5.41) is 2.73. The summed E-state index contributed by atoms with van der Waals surface area (Å²) in [6.07, 6.45) is 0. The molecule has 0 saturated heterocycles. The van der Waals surface area contributed by atoms with Gasteiger partial charge in [0, 0.05) is 32.7 Å². The number of hydrogen-bond acceptors (Lipinski definition) is 4. The third-order valence-electron chi connectivity index (χ3n) is 4.15. The number of anilines is 2. The first-order chi connectivity index (χ1) is 12.7. The van der Waals surface area contributed by atoms with Crippen LogP contribution in [0.2, 0.25) is 0 Å². The molecule has 2 aromatic rings. The summed E-state index contributed by atoms with van der Waals surface area (Å²) in [6, 6.07) is 9.76. The zero-order chi connectivity index (χ0) is 20.2. The fourth-order valence-corrected chi connectivity index (χ4v) is 4.16. The number of sulfonamides is 1. The van der Waals surface area contributed by atoms with Gasteiger partial charge in [-0.1, -0.05) is 13.8 Å². The van der Waals surface area contributed by atoms with Crippen molar-refractivity contribution in [2.45, 2.75) is 18.7 Å². The van der Waals surface area contributed by atoms with Crippen LogP contribution in [0.25, 0.3) is 0 Å². The Morgan fingerprint density at radius 1 is 1.04 bits per heavy atom. The lowest BCUT2D eigenvalue weighted by atomic mass is 10.2. The first kappa shape index (κ1) is 20.9. The van der Waals surface area contributed by atoms with Gasteiger partial charge in [0.1, 0.15) is 5.82 Å². The van der Waals surface area contributed by atoms with Gasteiger partial charge in [0.05, 0.1) is 16.3 Å². The molecule has 146 valence electrons. The largest absolute Gasteiger partial charge is 0.376 e. The minimum Gasteiger partial charge on any atom is -0.376 e. The van der Waals surface area contributed by atoms with E-state index in [0.717, 1.165) is 0 Å². The second-order valence-corrected chi connectivity index (χ2v) is 8.06. The third-order valence-corrected chi connectivity index (χ3v) is 6.19. The molecular formula is C19H24FN3O3S. The van der Waals surface area contributed by atoms with Gasteiger partial charge in [-0.05, 0) is 42.5 Å². The van der Waals surface area contributed by atoms with Crippen LogP contribution >= 0.6 is 0 Å². The van der Waals surface area contributed by atoms with Crippen LogP contribution in [0, 0.1) is 5.82 Å². The maximum Gasteiger partial charge on any atom is 0.255 e. The maximum atomic E-state index is 13.1. The monoisotopic (exact) mass is 393 g/mol. The maximum absolute atomic E-state index is 13.1. The SMILES string of the molecule is CCN(CC)S(=O)(=O)c1ccc(N(C)C)c(NC(=O)c2ccc(F)cc2)c1. The Bertz CT molecular complexity index is 908. The minimum atomic E-state index is -3.66. The molecule has 0 spiro atoms. The molecular weight excluding hydrogens is 369 g/mol. The van der Waals surface area contributed by atoms with Crippen molar-refractivity contribution in [3.8, 4) is 0 Å². The van der Waals surface area contributed by atoms with Crippen LogP contribution < -0.4 is 10.2 Å². The van der Waals surface area contributed by atoms with E-state index in [1.807, 2.05) is 0 Å². The van der Waals surface area contributed by atoms with Gasteiger partial charge in [-0.25, -0.2) is 12.8 Å². The average molecular weight is 393 g/mol. The molecule has 2 rings (SSSR count). The average Bonchev–Trinajstić information content (AvgIpc) is 2.62. The van der Waals surface area contributed by atoms with E-state index in [-0.39, 0.29) is 10.5 Å². The van der Waals surface area contributed by atoms with Gasteiger partial charge >= 0.3 is 0 Å². The van der Waals surface area contributed by atoms with Crippen molar-refractivity contribution in [1.29, 1.82) is 0 Å². The third kappa shape index (κ3) is 4.64. The highest BCUT2D eigenvalue weighted by atomic mass is 32.2. The van der Waals surface area contributed by atoms with Crippen LogP contribution in [0.4, 0.5) is 15.8 Å². The fourth-order valence-electron chi connectivity index (χ4n) is 2.67. The predicted octanol–water partition coefficient (Wildman–Crippen LogP) is 3.17. The van der Waals surface area contributed by atoms with E-state index in [1.54, 1.807) is 38.9 Å². The molecule has 0 saturated carbocycles. The van der Waals surface area contributed by atoms with Crippen molar-refractivity contribution in [3.63, 3.8) is 0 Å². The van der Waals surface area contributed by atoms with Gasteiger partial charge in [-0.3, -0.25) is 4.79 Å². The van der Waals surface area contributed by atoms with Gasteiger partial charge in [-0.15, -0.1) is 0 Å². The van der Waals surface area contributed by atoms with Crippen molar-refractivity contribution in [1.82, 2.24) is 4.31 Å². The first-order valence-corrected chi connectivity index (χ1v) is 10.0. The Kier molecular flexibility index (Phi) is 6.56. The molecule has 0 radical (unpaired) electrons. The summed E-state index contributed by atoms with van der Waals surface area (Å²) < 4.78 is 40.0. The summed E-state index contributed by atoms with van der Waals surface area (Å²) in [4.78, 5) is 14.4. The minimum absolute atomic E-state index is 0.103. The van der Waals surface area contributed by atoms with Gasteiger partial charge in [0.2, 0.25) is 10.0 Å². The van der Waals surface area contributed by atoms with Crippen molar-refractivity contribution < 1.29 is 17.6 Å². The molecule has 0 fully saturated rings. The Morgan fingerprint density at radius 3 is 2.15 bits per heavy atom. The zero-order valence-electron chi connectivity index (χ0n) is 15.9. The summed E-state index contributed by atoms with van der Waals surface area (Å²) >= 11 is 0. The van der Waals surface area contributed by atoms with Gasteiger partial charge in [-0.2, -0.15) is 4.31 Å². The molecule has 0 aromatic heterocycles. The van der Waals surface area contributed by atoms with E-state index in [2.05, 4.69) is 5.32 Å². The van der Waals surface area contributed by atoms with Crippen LogP contribution in [0.15, 0.2) is 47.4 Å². The highest BCUT2D eigenvalue weighted by Crippen LogP contribution is 2.29. The van der Waals surface area contributed by atoms with E-state index < -0.39 is 21.7 Å². The van der Waals surface area contributed by atoms with Gasteiger partial charge in [0.25, 0.3) is 5.91 Å². The van der Waals surface area contributed by atoms with E-state index in [0.29, 0.717) is 24.5 Å². The molecule has 1 N–H and O–H groups in total. The van der Waals surface area contributed by atoms with Gasteiger partial charge in [0.15, 0.2) is 0 Å². The predicted molar refractivity (Wildman–Crippen MR) is 105 cm³/mol. The number of hydrogen-bond donors (Lipinski definition) is 1. The van der Waals surface area contributed by atoms with E-state index in [9.17, 15) is 17.6 Å². The van der Waals surface area contributed by atoms with E-state index >= 15 is 0 Å². The molecule has 6 nitrogen and oxygen atoms in total. The summed E-state index contributed by atoms with van der Waals surface area (Å²) in [7, 11) is -0.0721. The van der Waals surface area contributed by atoms with E-state index in [4.69, 9.17) is 0 Å². The Hall–Kier alpha value is -2.45. The molecule has 0 aliphatic heterocycles. The molecule has 0 aliphatic rings. The number of nitrogens with zero attached hydrogens (tertiary/aromatic N) is 2. The second-order valence-electron chi connectivity index (χ2n) is 6.12. The van der Waals surface area contributed by atoms with Crippen LogP contribution in [-0.4, -0.2) is 45.8 Å². The summed E-state index contributed by atoms with van der Waals surface area (Å²) in [5.74, 6) is -0.886. The first-order valence-electron chi connectivity index (χ1n) is 8.59. The van der Waals surface area contributed by atoms with Gasteiger partial charge < -0.3 is 10.2 Å². The van der Waals surface area contributed by atoms with Crippen LogP contribution in [-0.2, 0) is 10.0 Å². The number of halogens is 1. The van der Waals surface area contributed by atoms with Crippen molar-refractivity contribution >= 4 is 27.3 Å². The molecule has 1 amide bonds.